The van der Waals surface area contributed by atoms with Crippen molar-refractivity contribution in [2.24, 2.45) is 0 Å². The molecule has 384 valence electrons. The third-order valence-electron chi connectivity index (χ3n) is 13.2. The molecule has 1 rings (SSSR count). The van der Waals surface area contributed by atoms with Crippen molar-refractivity contribution in [3.8, 4) is 0 Å². The van der Waals surface area contributed by atoms with E-state index in [1.807, 2.05) is 0 Å². The summed E-state index contributed by atoms with van der Waals surface area (Å²) in [7, 11) is 0. The predicted octanol–water partition coefficient (Wildman–Crippen LogP) is 10.6. The maximum Gasteiger partial charge on any atom is 0.249 e. The predicted molar refractivity (Wildman–Crippen MR) is 266 cm³/mol. The molecule has 0 saturated carbocycles. The van der Waals surface area contributed by atoms with Crippen LogP contribution in [0.25, 0.3) is 0 Å². The van der Waals surface area contributed by atoms with Crippen molar-refractivity contribution in [3.63, 3.8) is 0 Å². The molecular formula is C54H103NO10. The molecule has 11 nitrogen and oxygen atoms in total. The molecule has 1 aliphatic rings. The van der Waals surface area contributed by atoms with Crippen molar-refractivity contribution in [2.45, 2.75) is 300 Å². The monoisotopic (exact) mass is 926 g/mol. The van der Waals surface area contributed by atoms with Crippen molar-refractivity contribution in [1.82, 2.24) is 5.32 Å². The Kier molecular flexibility index (Phi) is 41.6. The molecule has 1 aliphatic heterocycles. The van der Waals surface area contributed by atoms with Crippen molar-refractivity contribution >= 4 is 5.91 Å². The van der Waals surface area contributed by atoms with Crippen LogP contribution in [0.1, 0.15) is 245 Å². The largest absolute Gasteiger partial charge is 0.394 e. The van der Waals surface area contributed by atoms with Gasteiger partial charge in [0.25, 0.3) is 0 Å². The van der Waals surface area contributed by atoms with Crippen LogP contribution in [-0.4, -0.2) is 110 Å². The van der Waals surface area contributed by atoms with Crippen molar-refractivity contribution in [1.29, 1.82) is 0 Å². The lowest BCUT2D eigenvalue weighted by Crippen LogP contribution is -2.60. The van der Waals surface area contributed by atoms with Gasteiger partial charge in [-0.15, -0.1) is 0 Å². The van der Waals surface area contributed by atoms with Crippen LogP contribution in [0.15, 0.2) is 24.3 Å². The van der Waals surface area contributed by atoms with E-state index in [0.717, 1.165) is 38.5 Å². The van der Waals surface area contributed by atoms with E-state index >= 15 is 0 Å². The van der Waals surface area contributed by atoms with E-state index in [2.05, 4.69) is 43.5 Å². The molecular weight excluding hydrogens is 823 g/mol. The van der Waals surface area contributed by atoms with Gasteiger partial charge in [0.15, 0.2) is 6.29 Å². The van der Waals surface area contributed by atoms with Crippen LogP contribution in [0, 0.1) is 0 Å². The summed E-state index contributed by atoms with van der Waals surface area (Å²) in [6, 6.07) is -1.18. The molecule has 0 bridgehead atoms. The summed E-state index contributed by atoms with van der Waals surface area (Å²) < 4.78 is 11.1. The number of ether oxygens (including phenoxy) is 2. The van der Waals surface area contributed by atoms with E-state index in [-0.39, 0.29) is 12.8 Å². The molecule has 1 heterocycles. The minimum Gasteiger partial charge on any atom is -0.394 e. The van der Waals surface area contributed by atoms with Crippen LogP contribution in [-0.2, 0) is 14.3 Å². The summed E-state index contributed by atoms with van der Waals surface area (Å²) in [5.41, 5.74) is 0. The number of allylic oxidation sites excluding steroid dienone is 4. The van der Waals surface area contributed by atoms with Gasteiger partial charge in [-0.25, -0.2) is 0 Å². The number of carbonyl (C=O) groups excluding carboxylic acids is 1. The zero-order chi connectivity index (χ0) is 47.6. The molecule has 65 heavy (non-hydrogen) atoms. The van der Waals surface area contributed by atoms with Crippen LogP contribution in [0.4, 0.5) is 0 Å². The third kappa shape index (κ3) is 32.9. The van der Waals surface area contributed by atoms with Gasteiger partial charge < -0.3 is 50.5 Å². The number of rotatable bonds is 46. The molecule has 11 heteroatoms. The molecule has 1 saturated heterocycles. The normalized spacial score (nSPS) is 21.0. The number of hydrogen-bond acceptors (Lipinski definition) is 10. The first-order chi connectivity index (χ1) is 31.7. The summed E-state index contributed by atoms with van der Waals surface area (Å²) in [6.07, 6.45) is 39.5. The molecule has 1 amide bonds. The van der Waals surface area contributed by atoms with Crippen LogP contribution in [0.5, 0.6) is 0 Å². The molecule has 0 spiro atoms. The highest BCUT2D eigenvalue weighted by atomic mass is 16.7. The standard InChI is InChI=1S/C54H103NO10/c1-3-5-7-9-11-13-15-17-18-19-20-21-22-23-24-25-26-27-28-30-32-34-36-38-40-42-47(58)53(63)55-45(44-64-54-52(62)51(61)50(60)48(43-56)65-54)49(59)46(57)41-39-37-35-33-31-29-16-14-12-10-8-6-4-2/h23-24,33,35,45-52,54,56-62H,3-22,25-32,34,36-44H2,1-2H3,(H,55,63)/b24-23-,35-33+. The van der Waals surface area contributed by atoms with Crippen LogP contribution >= 0.6 is 0 Å². The van der Waals surface area contributed by atoms with Crippen LogP contribution in [0.2, 0.25) is 0 Å². The Morgan fingerprint density at radius 2 is 0.908 bits per heavy atom. The molecule has 0 radical (unpaired) electrons. The number of aliphatic hydroxyl groups is 7. The lowest BCUT2D eigenvalue weighted by Gasteiger charge is -2.40. The van der Waals surface area contributed by atoms with Gasteiger partial charge in [-0.1, -0.05) is 205 Å². The van der Waals surface area contributed by atoms with Crippen molar-refractivity contribution < 1.29 is 50.0 Å². The number of hydrogen-bond donors (Lipinski definition) is 8. The third-order valence-corrected chi connectivity index (χ3v) is 13.2. The number of amides is 1. The Labute approximate surface area is 397 Å². The Morgan fingerprint density at radius 3 is 1.32 bits per heavy atom. The average Bonchev–Trinajstić information content (AvgIpc) is 3.31. The summed E-state index contributed by atoms with van der Waals surface area (Å²) in [4.78, 5) is 13.1. The highest BCUT2D eigenvalue weighted by Crippen LogP contribution is 2.23. The minimum absolute atomic E-state index is 0.253. The van der Waals surface area contributed by atoms with Crippen LogP contribution < -0.4 is 5.32 Å². The fourth-order valence-electron chi connectivity index (χ4n) is 8.73. The van der Waals surface area contributed by atoms with E-state index in [9.17, 15) is 40.5 Å². The quantitative estimate of drug-likeness (QED) is 0.0216. The highest BCUT2D eigenvalue weighted by molar-refractivity contribution is 5.80. The summed E-state index contributed by atoms with van der Waals surface area (Å²) in [6.45, 7) is 3.44. The zero-order valence-electron chi connectivity index (χ0n) is 41.7. The van der Waals surface area contributed by atoms with Crippen molar-refractivity contribution in [3.05, 3.63) is 24.3 Å². The minimum atomic E-state index is -1.67. The van der Waals surface area contributed by atoms with E-state index in [0.29, 0.717) is 12.8 Å². The molecule has 0 aromatic rings. The Hall–Kier alpha value is -1.41. The second-order valence-corrected chi connectivity index (χ2v) is 19.3. The second-order valence-electron chi connectivity index (χ2n) is 19.3. The second kappa shape index (κ2) is 43.8. The lowest BCUT2D eigenvalue weighted by atomic mass is 9.98. The molecule has 8 N–H and O–H groups in total. The van der Waals surface area contributed by atoms with Gasteiger partial charge in [-0.05, 0) is 64.2 Å². The Balaban J connectivity index is 2.31. The van der Waals surface area contributed by atoms with Gasteiger partial charge in [0.05, 0.1) is 25.4 Å². The van der Waals surface area contributed by atoms with E-state index in [4.69, 9.17) is 9.47 Å². The first kappa shape index (κ1) is 61.6. The average molecular weight is 926 g/mol. The summed E-state index contributed by atoms with van der Waals surface area (Å²) >= 11 is 0. The molecule has 0 aliphatic carbocycles. The zero-order valence-corrected chi connectivity index (χ0v) is 41.7. The maximum atomic E-state index is 13.1. The number of aliphatic hydroxyl groups excluding tert-OH is 7. The molecule has 1 fully saturated rings. The van der Waals surface area contributed by atoms with Crippen molar-refractivity contribution in [2.75, 3.05) is 13.2 Å². The number of nitrogens with one attached hydrogen (secondary N) is 1. The molecule has 9 atom stereocenters. The molecule has 0 aromatic heterocycles. The van der Waals surface area contributed by atoms with E-state index in [1.165, 1.54) is 167 Å². The number of carbonyl (C=O) groups is 1. The van der Waals surface area contributed by atoms with Gasteiger partial charge in [-0.3, -0.25) is 4.79 Å². The molecule has 9 unspecified atom stereocenters. The van der Waals surface area contributed by atoms with Crippen LogP contribution in [0.3, 0.4) is 0 Å². The fraction of sp³-hybridized carbons (Fsp3) is 0.907. The summed E-state index contributed by atoms with van der Waals surface area (Å²) in [5.74, 6) is -0.707. The summed E-state index contributed by atoms with van der Waals surface area (Å²) in [5, 5.41) is 75.8. The van der Waals surface area contributed by atoms with E-state index in [1.54, 1.807) is 0 Å². The Bertz CT molecular complexity index is 1110. The Morgan fingerprint density at radius 1 is 0.523 bits per heavy atom. The highest BCUT2D eigenvalue weighted by Gasteiger charge is 2.44. The van der Waals surface area contributed by atoms with E-state index < -0.39 is 74.2 Å². The SMILES string of the molecule is CCCCCCCCCC/C=C/CCCC(O)C(O)C(COC1OC(CO)C(O)C(O)C1O)NC(=O)C(O)CCCCCCCCCCC/C=C\CCCCCCCCCCCCCC. The number of unbranched alkanes of at least 4 members (excludes halogenated alkanes) is 30. The van der Waals surface area contributed by atoms with Gasteiger partial charge in [0.1, 0.15) is 36.6 Å². The van der Waals surface area contributed by atoms with Gasteiger partial charge >= 0.3 is 0 Å². The van der Waals surface area contributed by atoms with Gasteiger partial charge in [0.2, 0.25) is 5.91 Å². The first-order valence-corrected chi connectivity index (χ1v) is 27.2. The van der Waals surface area contributed by atoms with Gasteiger partial charge in [0, 0.05) is 0 Å². The van der Waals surface area contributed by atoms with Gasteiger partial charge in [-0.2, -0.15) is 0 Å². The maximum absolute atomic E-state index is 13.1. The topological polar surface area (TPSA) is 189 Å². The lowest BCUT2D eigenvalue weighted by molar-refractivity contribution is -0.303. The fourth-order valence-corrected chi connectivity index (χ4v) is 8.73. The smallest absolute Gasteiger partial charge is 0.249 e. The first-order valence-electron chi connectivity index (χ1n) is 27.2. The molecule has 0 aromatic carbocycles.